The molecule has 0 aromatic rings. The van der Waals surface area contributed by atoms with Crippen molar-refractivity contribution in [2.75, 3.05) is 13.2 Å². The van der Waals surface area contributed by atoms with E-state index < -0.39 is 54.8 Å². The van der Waals surface area contributed by atoms with Gasteiger partial charge in [-0.1, -0.05) is 13.0 Å². The van der Waals surface area contributed by atoms with E-state index in [1.54, 1.807) is 13.0 Å². The number of nitrogens with one attached hydrogen (secondary N) is 1. The fourth-order valence-electron chi connectivity index (χ4n) is 3.40. The van der Waals surface area contributed by atoms with Gasteiger partial charge in [0.1, 0.15) is 18.3 Å². The first kappa shape index (κ1) is 16.3. The molecule has 2 fully saturated rings. The molecule has 126 valence electrons. The predicted molar refractivity (Wildman–Crippen MR) is 73.7 cm³/mol. The summed E-state index contributed by atoms with van der Waals surface area (Å²) in [5.41, 5.74) is 0.419. The summed E-state index contributed by atoms with van der Waals surface area (Å²) in [4.78, 5) is 0. The van der Waals surface area contributed by atoms with Crippen LogP contribution in [0.1, 0.15) is 6.92 Å². The van der Waals surface area contributed by atoms with Crippen LogP contribution in [0.5, 0.6) is 0 Å². The number of aliphatic hydroxyl groups excluding tert-OH is 5. The fourth-order valence-corrected chi connectivity index (χ4v) is 3.40. The topological polar surface area (TPSA) is 132 Å². The van der Waals surface area contributed by atoms with E-state index in [-0.39, 0.29) is 13.2 Å². The van der Waals surface area contributed by atoms with E-state index in [9.17, 15) is 25.5 Å². The minimum absolute atomic E-state index is 0.244. The highest BCUT2D eigenvalue weighted by Gasteiger charge is 2.50. The third kappa shape index (κ3) is 2.59. The smallest absolute Gasteiger partial charge is 0.186 e. The Bertz CT molecular complexity index is 445. The lowest BCUT2D eigenvalue weighted by atomic mass is 9.81. The van der Waals surface area contributed by atoms with Gasteiger partial charge < -0.3 is 40.3 Å². The van der Waals surface area contributed by atoms with Crippen LogP contribution in [0.25, 0.3) is 0 Å². The van der Waals surface area contributed by atoms with Crippen molar-refractivity contribution in [2.24, 2.45) is 5.92 Å². The van der Waals surface area contributed by atoms with E-state index >= 15 is 0 Å². The molecule has 0 radical (unpaired) electrons. The molecule has 22 heavy (non-hydrogen) atoms. The average molecular weight is 317 g/mol. The molecule has 2 saturated heterocycles. The second kappa shape index (κ2) is 6.14. The van der Waals surface area contributed by atoms with Gasteiger partial charge in [-0.25, -0.2) is 0 Å². The first-order valence-corrected chi connectivity index (χ1v) is 7.51. The molecule has 0 spiro atoms. The molecule has 3 aliphatic rings. The lowest BCUT2D eigenvalue weighted by Crippen LogP contribution is -2.64. The molecule has 0 aromatic carbocycles. The van der Waals surface area contributed by atoms with Gasteiger partial charge in [0, 0.05) is 5.92 Å². The van der Waals surface area contributed by atoms with E-state index in [1.165, 1.54) is 0 Å². The second-order valence-electron chi connectivity index (χ2n) is 6.27. The largest absolute Gasteiger partial charge is 0.392 e. The van der Waals surface area contributed by atoms with Crippen LogP contribution in [-0.2, 0) is 9.47 Å². The Labute approximate surface area is 128 Å². The lowest BCUT2D eigenvalue weighted by Gasteiger charge is -2.41. The van der Waals surface area contributed by atoms with Crippen molar-refractivity contribution in [3.05, 3.63) is 11.6 Å². The second-order valence-corrected chi connectivity index (χ2v) is 6.27. The predicted octanol–water partition coefficient (Wildman–Crippen LogP) is -2.92. The SMILES string of the molecule is CC1[C@H](O)C(CO)=C[C@@H](N[C@H]2C(O)[C@@H](O)[C@@H]3OC[C@H]2O3)[C@@H]1O. The number of hydrogen-bond donors (Lipinski definition) is 6. The number of aliphatic hydroxyl groups is 5. The highest BCUT2D eigenvalue weighted by Crippen LogP contribution is 2.30. The summed E-state index contributed by atoms with van der Waals surface area (Å²) in [5, 5.41) is 52.8. The Kier molecular flexibility index (Phi) is 4.54. The van der Waals surface area contributed by atoms with Gasteiger partial charge in [-0.2, -0.15) is 0 Å². The summed E-state index contributed by atoms with van der Waals surface area (Å²) >= 11 is 0. The van der Waals surface area contributed by atoms with Crippen molar-refractivity contribution in [1.29, 1.82) is 0 Å². The zero-order valence-corrected chi connectivity index (χ0v) is 12.2. The summed E-state index contributed by atoms with van der Waals surface area (Å²) in [5.74, 6) is -0.469. The van der Waals surface area contributed by atoms with Crippen LogP contribution in [0, 0.1) is 5.92 Å². The summed E-state index contributed by atoms with van der Waals surface area (Å²) in [6.07, 6.45) is -3.74. The fraction of sp³-hybridized carbons (Fsp3) is 0.857. The van der Waals surface area contributed by atoms with Crippen molar-refractivity contribution < 1.29 is 35.0 Å². The van der Waals surface area contributed by atoms with Crippen molar-refractivity contribution in [2.45, 2.75) is 55.8 Å². The zero-order chi connectivity index (χ0) is 16.0. The van der Waals surface area contributed by atoms with E-state index in [2.05, 4.69) is 5.32 Å². The lowest BCUT2D eigenvalue weighted by molar-refractivity contribution is -0.204. The van der Waals surface area contributed by atoms with Crippen LogP contribution in [-0.4, -0.2) is 87.6 Å². The van der Waals surface area contributed by atoms with Gasteiger partial charge in [0.05, 0.1) is 37.5 Å². The Morgan fingerprint density at radius 1 is 1.18 bits per heavy atom. The van der Waals surface area contributed by atoms with Gasteiger partial charge in [0.25, 0.3) is 0 Å². The Balaban J connectivity index is 1.78. The molecule has 2 heterocycles. The minimum atomic E-state index is -1.17. The van der Waals surface area contributed by atoms with Crippen LogP contribution >= 0.6 is 0 Å². The molecular formula is C14H23NO7. The normalized spacial score (nSPS) is 51.7. The van der Waals surface area contributed by atoms with Gasteiger partial charge in [0.2, 0.25) is 0 Å². The maximum absolute atomic E-state index is 10.3. The van der Waals surface area contributed by atoms with Gasteiger partial charge >= 0.3 is 0 Å². The van der Waals surface area contributed by atoms with Gasteiger partial charge in [-0.05, 0) is 5.57 Å². The average Bonchev–Trinajstić information content (AvgIpc) is 2.96. The number of ether oxygens (including phenoxy) is 2. The summed E-state index contributed by atoms with van der Waals surface area (Å²) in [6, 6.07) is -1.19. The van der Waals surface area contributed by atoms with Gasteiger partial charge in [-0.15, -0.1) is 0 Å². The van der Waals surface area contributed by atoms with Crippen molar-refractivity contribution in [1.82, 2.24) is 5.32 Å². The third-order valence-corrected chi connectivity index (χ3v) is 4.88. The summed E-state index contributed by atoms with van der Waals surface area (Å²) < 4.78 is 10.7. The molecule has 2 bridgehead atoms. The molecule has 8 nitrogen and oxygen atoms in total. The standard InChI is InChI=1S/C14H23NO7/c1-5-10(17)6(3-16)2-7(11(5)18)15-9-8-4-21-14(22-8)13(20)12(9)19/h2,5,7-20H,3-4H2,1H3/t5?,7-,8-,9-,10+,11-,12?,13-,14-/m1/s1. The van der Waals surface area contributed by atoms with Crippen LogP contribution in [0.3, 0.4) is 0 Å². The number of rotatable bonds is 3. The van der Waals surface area contributed by atoms with E-state index in [1.807, 2.05) is 0 Å². The molecule has 2 aliphatic heterocycles. The summed E-state index contributed by atoms with van der Waals surface area (Å²) in [6.45, 7) is 1.62. The first-order valence-electron chi connectivity index (χ1n) is 7.51. The van der Waals surface area contributed by atoms with E-state index in [4.69, 9.17) is 9.47 Å². The third-order valence-electron chi connectivity index (χ3n) is 4.88. The Morgan fingerprint density at radius 2 is 1.91 bits per heavy atom. The summed E-state index contributed by atoms with van der Waals surface area (Å²) in [7, 11) is 0. The molecule has 6 N–H and O–H groups in total. The van der Waals surface area contributed by atoms with Crippen LogP contribution < -0.4 is 5.32 Å². The van der Waals surface area contributed by atoms with Crippen molar-refractivity contribution in [3.63, 3.8) is 0 Å². The van der Waals surface area contributed by atoms with Crippen LogP contribution in [0.2, 0.25) is 0 Å². The maximum Gasteiger partial charge on any atom is 0.186 e. The highest BCUT2D eigenvalue weighted by molar-refractivity contribution is 5.21. The molecule has 0 saturated carbocycles. The molecule has 2 unspecified atom stereocenters. The number of hydrogen-bond acceptors (Lipinski definition) is 8. The number of fused-ring (bicyclic) bond motifs is 2. The zero-order valence-electron chi connectivity index (χ0n) is 12.2. The molecule has 0 amide bonds. The molecule has 8 heteroatoms. The van der Waals surface area contributed by atoms with Crippen LogP contribution in [0.4, 0.5) is 0 Å². The molecule has 1 aliphatic carbocycles. The minimum Gasteiger partial charge on any atom is -0.392 e. The molecule has 3 rings (SSSR count). The first-order chi connectivity index (χ1) is 10.4. The molecular weight excluding hydrogens is 294 g/mol. The monoisotopic (exact) mass is 317 g/mol. The maximum atomic E-state index is 10.3. The van der Waals surface area contributed by atoms with Gasteiger partial charge in [-0.3, -0.25) is 0 Å². The van der Waals surface area contributed by atoms with Crippen LogP contribution in [0.15, 0.2) is 11.6 Å². The Hall–Kier alpha value is -0.580. The van der Waals surface area contributed by atoms with E-state index in [0.717, 1.165) is 0 Å². The highest BCUT2D eigenvalue weighted by atomic mass is 16.7. The quantitative estimate of drug-likeness (QED) is 0.305. The van der Waals surface area contributed by atoms with E-state index in [0.29, 0.717) is 5.57 Å². The van der Waals surface area contributed by atoms with Gasteiger partial charge in [0.15, 0.2) is 6.29 Å². The molecule has 0 aromatic heterocycles. The van der Waals surface area contributed by atoms with Crippen molar-refractivity contribution in [3.8, 4) is 0 Å². The van der Waals surface area contributed by atoms with Crippen molar-refractivity contribution >= 4 is 0 Å². The molecule has 9 atom stereocenters. The Morgan fingerprint density at radius 3 is 2.59 bits per heavy atom.